The van der Waals surface area contributed by atoms with Crippen molar-refractivity contribution in [3.05, 3.63) is 54.6 Å². The molecule has 0 radical (unpaired) electrons. The number of anilines is 1. The first-order valence-electron chi connectivity index (χ1n) is 9.40. The third-order valence-corrected chi connectivity index (χ3v) is 5.30. The van der Waals surface area contributed by atoms with E-state index in [4.69, 9.17) is 10.2 Å². The van der Waals surface area contributed by atoms with E-state index in [-0.39, 0.29) is 5.54 Å². The molecule has 0 spiro atoms. The monoisotopic (exact) mass is 396 g/mol. The summed E-state index contributed by atoms with van der Waals surface area (Å²) in [6.07, 6.45) is 2.38. The van der Waals surface area contributed by atoms with Crippen molar-refractivity contribution in [2.75, 3.05) is 24.5 Å². The highest BCUT2D eigenvalue weighted by molar-refractivity contribution is 5.89. The van der Waals surface area contributed by atoms with Crippen LogP contribution in [-0.4, -0.2) is 57.5 Å². The van der Waals surface area contributed by atoms with Gasteiger partial charge in [0.2, 0.25) is 0 Å². The van der Waals surface area contributed by atoms with E-state index in [1.165, 1.54) is 6.42 Å². The van der Waals surface area contributed by atoms with E-state index in [2.05, 4.69) is 51.6 Å². The molecular weight excluding hydrogens is 372 g/mol. The Bertz CT molecular complexity index is 869. The maximum Gasteiger partial charge on any atom is 0.328 e. The zero-order chi connectivity index (χ0) is 20.9. The summed E-state index contributed by atoms with van der Waals surface area (Å²) in [7, 11) is 0. The molecule has 1 aromatic carbocycles. The number of carboxylic acid groups (broad SMARTS) is 2. The lowest BCUT2D eigenvalue weighted by Crippen LogP contribution is -2.43. The predicted octanol–water partition coefficient (Wildman–Crippen LogP) is 2.04. The minimum Gasteiger partial charge on any atom is -0.478 e. The van der Waals surface area contributed by atoms with Gasteiger partial charge in [-0.1, -0.05) is 30.3 Å². The molecule has 3 N–H and O–H groups in total. The average Bonchev–Trinajstić information content (AvgIpc) is 3.22. The van der Waals surface area contributed by atoms with Gasteiger partial charge in [0.1, 0.15) is 0 Å². The summed E-state index contributed by atoms with van der Waals surface area (Å²) < 4.78 is 0. The van der Waals surface area contributed by atoms with Gasteiger partial charge in [0, 0.05) is 36.3 Å². The Morgan fingerprint density at radius 3 is 2.34 bits per heavy atom. The quantitative estimate of drug-likeness (QED) is 0.673. The molecule has 3 heterocycles. The normalized spacial score (nSPS) is 22.8. The van der Waals surface area contributed by atoms with E-state index in [1.54, 1.807) is 0 Å². The highest BCUT2D eigenvalue weighted by Crippen LogP contribution is 2.36. The first-order valence-corrected chi connectivity index (χ1v) is 9.40. The number of rotatable bonds is 4. The lowest BCUT2D eigenvalue weighted by molar-refractivity contribution is -0.134. The van der Waals surface area contributed by atoms with Gasteiger partial charge in [-0.3, -0.25) is 0 Å². The second-order valence-electron chi connectivity index (χ2n) is 7.36. The Morgan fingerprint density at radius 2 is 1.79 bits per heavy atom. The van der Waals surface area contributed by atoms with Crippen LogP contribution in [0.5, 0.6) is 0 Å². The van der Waals surface area contributed by atoms with Crippen LogP contribution >= 0.6 is 0 Å². The van der Waals surface area contributed by atoms with Crippen molar-refractivity contribution in [2.24, 2.45) is 5.92 Å². The standard InChI is InChI=1S/C17H20N4.C4H4O4/c1-17-12-21(11-14(17)9-10-18-17)16-8-7-15(19-20-16)13-5-3-2-4-6-13;5-3(6)1-2-4(7)8/h2-8,14,18H,9-12H2,1H3;1-2H,(H,5,6)(H,7,8). The van der Waals surface area contributed by atoms with E-state index >= 15 is 0 Å². The van der Waals surface area contributed by atoms with Gasteiger partial charge < -0.3 is 20.4 Å². The number of aliphatic carboxylic acids is 2. The smallest absolute Gasteiger partial charge is 0.328 e. The number of hydrogen-bond acceptors (Lipinski definition) is 6. The summed E-state index contributed by atoms with van der Waals surface area (Å²) in [6.45, 7) is 5.59. The van der Waals surface area contributed by atoms with Gasteiger partial charge >= 0.3 is 11.9 Å². The van der Waals surface area contributed by atoms with Gasteiger partial charge in [-0.25, -0.2) is 9.59 Å². The number of hydrogen-bond donors (Lipinski definition) is 3. The number of carbonyl (C=O) groups is 2. The minimum atomic E-state index is -1.26. The fourth-order valence-corrected chi connectivity index (χ4v) is 3.77. The molecule has 2 aromatic rings. The van der Waals surface area contributed by atoms with Crippen LogP contribution in [0.25, 0.3) is 11.3 Å². The lowest BCUT2D eigenvalue weighted by Gasteiger charge is -2.24. The number of fused-ring (bicyclic) bond motifs is 1. The van der Waals surface area contributed by atoms with Crippen molar-refractivity contribution in [1.82, 2.24) is 15.5 Å². The van der Waals surface area contributed by atoms with Crippen LogP contribution in [0.2, 0.25) is 0 Å². The number of nitrogens with one attached hydrogen (secondary N) is 1. The van der Waals surface area contributed by atoms with E-state index < -0.39 is 11.9 Å². The van der Waals surface area contributed by atoms with Gasteiger partial charge in [0.25, 0.3) is 0 Å². The molecule has 2 unspecified atom stereocenters. The van der Waals surface area contributed by atoms with Gasteiger partial charge in [-0.2, -0.15) is 0 Å². The zero-order valence-electron chi connectivity index (χ0n) is 16.2. The third kappa shape index (κ3) is 5.17. The molecule has 1 aromatic heterocycles. The molecule has 0 saturated carbocycles. The molecule has 2 aliphatic rings. The van der Waals surface area contributed by atoms with Gasteiger partial charge in [0.05, 0.1) is 5.69 Å². The van der Waals surface area contributed by atoms with Crippen molar-refractivity contribution >= 4 is 17.8 Å². The Kier molecular flexibility index (Phi) is 6.23. The molecule has 8 heteroatoms. The van der Waals surface area contributed by atoms with E-state index in [1.807, 2.05) is 18.2 Å². The first-order chi connectivity index (χ1) is 13.9. The fourth-order valence-electron chi connectivity index (χ4n) is 3.77. The lowest BCUT2D eigenvalue weighted by atomic mass is 9.91. The van der Waals surface area contributed by atoms with E-state index in [0.29, 0.717) is 12.2 Å². The van der Waals surface area contributed by atoms with Crippen molar-refractivity contribution < 1.29 is 19.8 Å². The Labute approximate surface area is 168 Å². The highest BCUT2D eigenvalue weighted by atomic mass is 16.4. The topological polar surface area (TPSA) is 116 Å². The first kappa shape index (κ1) is 20.5. The maximum absolute atomic E-state index is 9.55. The molecule has 2 atom stereocenters. The molecule has 152 valence electrons. The fraction of sp³-hybridized carbons (Fsp3) is 0.333. The predicted molar refractivity (Wildman–Crippen MR) is 109 cm³/mol. The second kappa shape index (κ2) is 8.83. The van der Waals surface area contributed by atoms with Crippen LogP contribution < -0.4 is 10.2 Å². The molecule has 4 rings (SSSR count). The molecule has 29 heavy (non-hydrogen) atoms. The largest absolute Gasteiger partial charge is 0.478 e. The molecule has 2 aliphatic heterocycles. The Hall–Kier alpha value is -3.26. The van der Waals surface area contributed by atoms with Crippen molar-refractivity contribution in [2.45, 2.75) is 18.9 Å². The van der Waals surface area contributed by atoms with Crippen LogP contribution in [0.1, 0.15) is 13.3 Å². The second-order valence-corrected chi connectivity index (χ2v) is 7.36. The molecule has 0 amide bonds. The summed E-state index contributed by atoms with van der Waals surface area (Å²) in [6, 6.07) is 14.4. The maximum atomic E-state index is 9.55. The minimum absolute atomic E-state index is 0.250. The number of carboxylic acids is 2. The summed E-state index contributed by atoms with van der Waals surface area (Å²) in [5.74, 6) is -0.792. The van der Waals surface area contributed by atoms with Crippen LogP contribution in [0.3, 0.4) is 0 Å². The van der Waals surface area contributed by atoms with Gasteiger partial charge in [0.15, 0.2) is 5.82 Å². The number of benzene rings is 1. The summed E-state index contributed by atoms with van der Waals surface area (Å²) in [5, 5.41) is 28.1. The summed E-state index contributed by atoms with van der Waals surface area (Å²) >= 11 is 0. The van der Waals surface area contributed by atoms with Crippen molar-refractivity contribution in [3.8, 4) is 11.3 Å². The third-order valence-electron chi connectivity index (χ3n) is 5.30. The average molecular weight is 396 g/mol. The van der Waals surface area contributed by atoms with Crippen LogP contribution in [0.4, 0.5) is 5.82 Å². The molecule has 0 aliphatic carbocycles. The van der Waals surface area contributed by atoms with E-state index in [0.717, 1.165) is 42.6 Å². The van der Waals surface area contributed by atoms with Crippen LogP contribution in [-0.2, 0) is 9.59 Å². The Morgan fingerprint density at radius 1 is 1.10 bits per heavy atom. The van der Waals surface area contributed by atoms with Crippen molar-refractivity contribution in [1.29, 1.82) is 0 Å². The molecular formula is C21H24N4O4. The number of aromatic nitrogens is 2. The zero-order valence-corrected chi connectivity index (χ0v) is 16.2. The van der Waals surface area contributed by atoms with Crippen molar-refractivity contribution in [3.63, 3.8) is 0 Å². The summed E-state index contributed by atoms with van der Waals surface area (Å²) in [4.78, 5) is 21.5. The molecule has 8 nitrogen and oxygen atoms in total. The molecule has 2 saturated heterocycles. The Balaban J connectivity index is 0.000000258. The van der Waals surface area contributed by atoms with Gasteiger partial charge in [-0.15, -0.1) is 10.2 Å². The highest BCUT2D eigenvalue weighted by Gasteiger charge is 2.46. The van der Waals surface area contributed by atoms with Gasteiger partial charge in [-0.05, 0) is 37.9 Å². The number of nitrogens with zero attached hydrogens (tertiary/aromatic N) is 3. The SMILES string of the molecule is CC12CN(c3ccc(-c4ccccc4)nn3)CC1CCN2.O=C(O)C=CC(=O)O. The van der Waals surface area contributed by atoms with Crippen LogP contribution in [0, 0.1) is 5.92 Å². The van der Waals surface area contributed by atoms with Crippen LogP contribution in [0.15, 0.2) is 54.6 Å². The van der Waals surface area contributed by atoms with E-state index in [9.17, 15) is 9.59 Å². The molecule has 0 bridgehead atoms. The summed E-state index contributed by atoms with van der Waals surface area (Å²) in [5.41, 5.74) is 2.30. The molecule has 2 fully saturated rings.